The Labute approximate surface area is 103 Å². The van der Waals surface area contributed by atoms with Gasteiger partial charge in [-0.3, -0.25) is 0 Å². The van der Waals surface area contributed by atoms with Gasteiger partial charge in [0.05, 0.1) is 6.10 Å². The molecule has 0 bridgehead atoms. The Hall–Kier alpha value is -1.40. The van der Waals surface area contributed by atoms with Crippen LogP contribution in [-0.4, -0.2) is 6.61 Å². The van der Waals surface area contributed by atoms with Gasteiger partial charge < -0.3 is 4.74 Å². The quantitative estimate of drug-likeness (QED) is 0.528. The first-order valence-electron chi connectivity index (χ1n) is 6.25. The number of diazo groups is 1. The monoisotopic (exact) mass is 233 g/mol. The van der Waals surface area contributed by atoms with E-state index in [2.05, 4.69) is 25.7 Å². The van der Waals surface area contributed by atoms with E-state index in [1.807, 2.05) is 18.2 Å². The molecular weight excluding hydrogens is 212 g/mol. The minimum Gasteiger partial charge on any atom is -0.373 e. The molecule has 3 heteroatoms. The summed E-state index contributed by atoms with van der Waals surface area (Å²) < 4.78 is 5.91. The van der Waals surface area contributed by atoms with E-state index in [0.717, 1.165) is 25.0 Å². The molecule has 92 valence electrons. The topological polar surface area (TPSA) is 37.4 Å². The van der Waals surface area contributed by atoms with Crippen LogP contribution in [0.4, 0.5) is 5.69 Å². The smallest absolute Gasteiger partial charge is 0.373 e. The maximum Gasteiger partial charge on any atom is 0.385 e. The lowest BCUT2D eigenvalue weighted by molar-refractivity contribution is 0.0195. The number of ether oxygens (including phenoxy) is 1. The molecule has 1 aromatic carbocycles. The van der Waals surface area contributed by atoms with Crippen molar-refractivity contribution in [3.63, 3.8) is 0 Å². The third-order valence-corrected chi connectivity index (χ3v) is 2.72. The second kappa shape index (κ2) is 7.03. The Morgan fingerprint density at radius 1 is 1.35 bits per heavy atom. The zero-order valence-corrected chi connectivity index (χ0v) is 10.9. The van der Waals surface area contributed by atoms with E-state index in [9.17, 15) is 0 Å². The van der Waals surface area contributed by atoms with Crippen molar-refractivity contribution >= 4 is 5.69 Å². The van der Waals surface area contributed by atoms with E-state index < -0.39 is 0 Å². The second-order valence-corrected chi connectivity index (χ2v) is 4.58. The summed E-state index contributed by atoms with van der Waals surface area (Å²) in [6.45, 7) is 7.21. The van der Waals surface area contributed by atoms with Crippen molar-refractivity contribution in [2.45, 2.75) is 39.7 Å². The van der Waals surface area contributed by atoms with Crippen molar-refractivity contribution in [3.05, 3.63) is 34.8 Å². The van der Waals surface area contributed by atoms with Crippen LogP contribution in [0, 0.1) is 11.3 Å². The summed E-state index contributed by atoms with van der Waals surface area (Å²) in [5, 5.41) is 8.78. The van der Waals surface area contributed by atoms with Gasteiger partial charge in [0.15, 0.2) is 4.98 Å². The molecular formula is C14H21N2O+. The van der Waals surface area contributed by atoms with Gasteiger partial charge in [0.25, 0.3) is 0 Å². The van der Waals surface area contributed by atoms with Gasteiger partial charge >= 0.3 is 5.69 Å². The first kappa shape index (κ1) is 13.7. The molecule has 0 aliphatic heterocycles. The largest absolute Gasteiger partial charge is 0.385 e. The van der Waals surface area contributed by atoms with E-state index in [1.165, 1.54) is 0 Å². The summed E-state index contributed by atoms with van der Waals surface area (Å²) in [5.74, 6) is 0.404. The van der Waals surface area contributed by atoms with Crippen LogP contribution in [0.5, 0.6) is 0 Å². The molecule has 0 heterocycles. The van der Waals surface area contributed by atoms with Crippen molar-refractivity contribution in [2.75, 3.05) is 6.61 Å². The number of rotatable bonds is 6. The predicted octanol–water partition coefficient (Wildman–Crippen LogP) is 4.68. The van der Waals surface area contributed by atoms with Crippen molar-refractivity contribution < 1.29 is 4.74 Å². The number of nitrogens with zero attached hydrogens (tertiary/aromatic N) is 2. The Kier molecular flexibility index (Phi) is 5.65. The summed E-state index contributed by atoms with van der Waals surface area (Å²) in [5.41, 5.74) is 1.65. The van der Waals surface area contributed by atoms with Crippen LogP contribution in [0.1, 0.15) is 45.3 Å². The van der Waals surface area contributed by atoms with Gasteiger partial charge in [0.2, 0.25) is 5.39 Å². The van der Waals surface area contributed by atoms with Crippen molar-refractivity contribution in [1.82, 2.24) is 0 Å². The summed E-state index contributed by atoms with van der Waals surface area (Å²) in [6, 6.07) is 7.55. The zero-order chi connectivity index (χ0) is 12.7. The number of benzene rings is 1. The normalized spacial score (nSPS) is 12.4. The Balaban J connectivity index is 2.78. The number of hydrogen-bond acceptors (Lipinski definition) is 2. The van der Waals surface area contributed by atoms with E-state index in [-0.39, 0.29) is 6.10 Å². The Morgan fingerprint density at radius 3 is 2.71 bits per heavy atom. The molecule has 0 fully saturated rings. The molecule has 1 rings (SSSR count). The van der Waals surface area contributed by atoms with Gasteiger partial charge in [0, 0.05) is 18.7 Å². The molecule has 17 heavy (non-hydrogen) atoms. The first-order chi connectivity index (χ1) is 8.19. The van der Waals surface area contributed by atoms with E-state index in [1.54, 1.807) is 6.07 Å². The van der Waals surface area contributed by atoms with Crippen LogP contribution >= 0.6 is 0 Å². The highest BCUT2D eigenvalue weighted by Gasteiger charge is 2.18. The van der Waals surface area contributed by atoms with Crippen LogP contribution < -0.4 is 0 Å². The number of hydrogen-bond donors (Lipinski definition) is 0. The average molecular weight is 233 g/mol. The van der Waals surface area contributed by atoms with E-state index in [0.29, 0.717) is 11.6 Å². The molecule has 0 amide bonds. The predicted molar refractivity (Wildman–Crippen MR) is 69.6 cm³/mol. The third kappa shape index (κ3) is 4.16. The molecule has 0 saturated heterocycles. The van der Waals surface area contributed by atoms with Gasteiger partial charge in [-0.1, -0.05) is 39.3 Å². The van der Waals surface area contributed by atoms with Crippen LogP contribution in [-0.2, 0) is 4.74 Å². The average Bonchev–Trinajstić information content (AvgIpc) is 2.34. The van der Waals surface area contributed by atoms with Gasteiger partial charge in [-0.25, -0.2) is 0 Å². The van der Waals surface area contributed by atoms with E-state index >= 15 is 0 Å². The minimum absolute atomic E-state index is 0.0725. The lowest BCUT2D eigenvalue weighted by Gasteiger charge is -2.21. The fraction of sp³-hybridized carbons (Fsp3) is 0.571. The third-order valence-electron chi connectivity index (χ3n) is 2.72. The van der Waals surface area contributed by atoms with Gasteiger partial charge in [-0.15, -0.1) is 0 Å². The molecule has 0 aliphatic carbocycles. The molecule has 1 atom stereocenters. The highest BCUT2D eigenvalue weighted by Crippen LogP contribution is 2.28. The van der Waals surface area contributed by atoms with Gasteiger partial charge in [-0.05, 0) is 17.9 Å². The molecule has 1 aromatic rings. The number of unbranched alkanes of at least 4 members (excludes halogenated alkanes) is 1. The first-order valence-corrected chi connectivity index (χ1v) is 6.25. The second-order valence-electron chi connectivity index (χ2n) is 4.58. The van der Waals surface area contributed by atoms with Gasteiger partial charge in [0.1, 0.15) is 0 Å². The van der Waals surface area contributed by atoms with Crippen LogP contribution in [0.3, 0.4) is 0 Å². The summed E-state index contributed by atoms with van der Waals surface area (Å²) in [6.07, 6.45) is 2.28. The van der Waals surface area contributed by atoms with Crippen molar-refractivity contribution in [1.29, 1.82) is 5.39 Å². The zero-order valence-electron chi connectivity index (χ0n) is 10.9. The Bertz CT molecular complexity index is 382. The van der Waals surface area contributed by atoms with Crippen LogP contribution in [0.2, 0.25) is 0 Å². The fourth-order valence-corrected chi connectivity index (χ4v) is 1.79. The van der Waals surface area contributed by atoms with Crippen LogP contribution in [0.15, 0.2) is 24.3 Å². The molecule has 0 aliphatic rings. The molecule has 0 aromatic heterocycles. The summed E-state index contributed by atoms with van der Waals surface area (Å²) in [7, 11) is 0. The minimum atomic E-state index is 0.0725. The van der Waals surface area contributed by atoms with Crippen molar-refractivity contribution in [3.8, 4) is 0 Å². The fourth-order valence-electron chi connectivity index (χ4n) is 1.79. The lowest BCUT2D eigenvalue weighted by Crippen LogP contribution is -2.11. The summed E-state index contributed by atoms with van der Waals surface area (Å²) >= 11 is 0. The highest BCUT2D eigenvalue weighted by atomic mass is 16.5. The lowest BCUT2D eigenvalue weighted by atomic mass is 9.98. The van der Waals surface area contributed by atoms with E-state index in [4.69, 9.17) is 10.1 Å². The molecule has 0 spiro atoms. The molecule has 0 N–H and O–H groups in total. The standard InChI is InChI=1S/C14H21N2O/c1-4-5-9-17-14(11(2)3)12-7-6-8-13(10-12)16-15/h6-8,10-11,14H,4-5,9H2,1-3H3/q+1. The maximum atomic E-state index is 8.78. The maximum absolute atomic E-state index is 8.78. The highest BCUT2D eigenvalue weighted by molar-refractivity contribution is 5.46. The molecule has 0 saturated carbocycles. The van der Waals surface area contributed by atoms with Gasteiger partial charge in [-0.2, -0.15) is 0 Å². The molecule has 0 radical (unpaired) electrons. The van der Waals surface area contributed by atoms with Crippen molar-refractivity contribution in [2.24, 2.45) is 5.92 Å². The van der Waals surface area contributed by atoms with Crippen LogP contribution in [0.25, 0.3) is 4.98 Å². The SMILES string of the molecule is CCCCOC(c1cccc([N+]#N)c1)C(C)C. The Morgan fingerprint density at radius 2 is 2.12 bits per heavy atom. The summed E-state index contributed by atoms with van der Waals surface area (Å²) in [4.78, 5) is 3.21. The molecule has 1 unspecified atom stereocenters. The molecule has 3 nitrogen and oxygen atoms in total.